The zero-order chi connectivity index (χ0) is 20.3. The van der Waals surface area contributed by atoms with Gasteiger partial charge in [-0.3, -0.25) is 9.59 Å². The van der Waals surface area contributed by atoms with Gasteiger partial charge in [0, 0.05) is 29.0 Å². The van der Waals surface area contributed by atoms with E-state index in [0.29, 0.717) is 16.3 Å². The molecular weight excluding hydrogens is 376 g/mol. The van der Waals surface area contributed by atoms with Crippen LogP contribution in [0.2, 0.25) is 5.02 Å². The largest absolute Gasteiger partial charge is 0.332 e. The van der Waals surface area contributed by atoms with Crippen molar-refractivity contribution >= 4 is 29.1 Å². The van der Waals surface area contributed by atoms with Crippen molar-refractivity contribution in [3.8, 4) is 5.69 Å². The number of carbonyl (C=O) groups is 2. The molecule has 0 aliphatic heterocycles. The molecule has 0 atom stereocenters. The number of hydrogen-bond donors (Lipinski definition) is 1. The Morgan fingerprint density at radius 3 is 2.43 bits per heavy atom. The number of carbonyl (C=O) groups excluding carboxylic acids is 2. The lowest BCUT2D eigenvalue weighted by Gasteiger charge is -2.17. The van der Waals surface area contributed by atoms with Crippen molar-refractivity contribution in [1.29, 1.82) is 0 Å². The normalized spacial score (nSPS) is 10.6. The predicted octanol–water partition coefficient (Wildman–Crippen LogP) is 3.85. The van der Waals surface area contributed by atoms with Crippen LogP contribution >= 0.6 is 11.6 Å². The monoisotopic (exact) mass is 396 g/mol. The summed E-state index contributed by atoms with van der Waals surface area (Å²) in [5.74, 6) is -0.529. The Balaban J connectivity index is 1.64. The van der Waals surface area contributed by atoms with E-state index in [1.807, 2.05) is 36.7 Å². The van der Waals surface area contributed by atoms with Gasteiger partial charge >= 0.3 is 0 Å². The maximum Gasteiger partial charge on any atom is 0.254 e. The van der Waals surface area contributed by atoms with E-state index >= 15 is 0 Å². The van der Waals surface area contributed by atoms with Crippen molar-refractivity contribution in [2.75, 3.05) is 18.9 Å². The first-order valence-corrected chi connectivity index (χ1v) is 9.16. The summed E-state index contributed by atoms with van der Waals surface area (Å²) in [7, 11) is 1.59. The fraction of sp³-hybridized carbons (Fsp3) is 0.190. The summed E-state index contributed by atoms with van der Waals surface area (Å²) < 4.78 is 1.83. The molecule has 0 radical (unpaired) electrons. The highest BCUT2D eigenvalue weighted by molar-refractivity contribution is 6.30. The van der Waals surface area contributed by atoms with Crippen LogP contribution in [0.4, 0.5) is 5.69 Å². The Kier molecular flexibility index (Phi) is 5.80. The van der Waals surface area contributed by atoms with Crippen LogP contribution in [0.3, 0.4) is 0 Å². The first-order chi connectivity index (χ1) is 13.3. The molecule has 144 valence electrons. The van der Waals surface area contributed by atoms with Crippen LogP contribution in [0.5, 0.6) is 0 Å². The number of likely N-dealkylation sites (N-methyl/N-ethyl adjacent to an activating group) is 1. The van der Waals surface area contributed by atoms with Crippen LogP contribution in [-0.4, -0.2) is 40.1 Å². The lowest BCUT2D eigenvalue weighted by atomic mass is 10.2. The molecule has 3 rings (SSSR count). The minimum absolute atomic E-state index is 0.0649. The van der Waals surface area contributed by atoms with Crippen LogP contribution in [-0.2, 0) is 4.79 Å². The molecule has 1 heterocycles. The Labute approximate surface area is 168 Å². The van der Waals surface area contributed by atoms with E-state index in [2.05, 4.69) is 10.4 Å². The Morgan fingerprint density at radius 1 is 1.11 bits per heavy atom. The van der Waals surface area contributed by atoms with Crippen LogP contribution in [0.1, 0.15) is 21.7 Å². The number of anilines is 1. The molecule has 28 heavy (non-hydrogen) atoms. The van der Waals surface area contributed by atoms with Crippen LogP contribution < -0.4 is 5.32 Å². The van der Waals surface area contributed by atoms with E-state index in [-0.39, 0.29) is 18.4 Å². The van der Waals surface area contributed by atoms with Crippen molar-refractivity contribution in [2.24, 2.45) is 0 Å². The van der Waals surface area contributed by atoms with Gasteiger partial charge in [0.25, 0.3) is 5.91 Å². The second-order valence-electron chi connectivity index (χ2n) is 6.61. The van der Waals surface area contributed by atoms with Gasteiger partial charge < -0.3 is 10.2 Å². The van der Waals surface area contributed by atoms with E-state index in [9.17, 15) is 9.59 Å². The van der Waals surface area contributed by atoms with Crippen molar-refractivity contribution < 1.29 is 9.59 Å². The highest BCUT2D eigenvalue weighted by atomic mass is 35.5. The number of rotatable bonds is 5. The predicted molar refractivity (Wildman–Crippen MR) is 110 cm³/mol. The highest BCUT2D eigenvalue weighted by Gasteiger charge is 2.15. The molecule has 0 saturated heterocycles. The number of aryl methyl sites for hydroxylation is 2. The van der Waals surface area contributed by atoms with E-state index in [1.54, 1.807) is 43.4 Å². The van der Waals surface area contributed by atoms with Gasteiger partial charge in [0.2, 0.25) is 5.91 Å². The Bertz CT molecular complexity index is 1010. The molecule has 0 fully saturated rings. The average molecular weight is 397 g/mol. The number of aromatic nitrogens is 2. The van der Waals surface area contributed by atoms with Crippen molar-refractivity contribution in [2.45, 2.75) is 13.8 Å². The molecule has 1 aromatic heterocycles. The molecule has 3 aromatic rings. The zero-order valence-electron chi connectivity index (χ0n) is 15.9. The molecule has 0 aliphatic carbocycles. The number of nitrogens with zero attached hydrogens (tertiary/aromatic N) is 3. The molecule has 0 unspecified atom stereocenters. The molecule has 0 saturated carbocycles. The molecular formula is C21H21ClN4O2. The Morgan fingerprint density at radius 2 is 1.82 bits per heavy atom. The summed E-state index contributed by atoms with van der Waals surface area (Å²) in [6, 6.07) is 16.0. The van der Waals surface area contributed by atoms with Gasteiger partial charge in [0.1, 0.15) is 0 Å². The van der Waals surface area contributed by atoms with Gasteiger partial charge in [-0.15, -0.1) is 0 Å². The number of nitrogens with one attached hydrogen (secondary N) is 1. The lowest BCUT2D eigenvalue weighted by Crippen LogP contribution is -2.34. The van der Waals surface area contributed by atoms with Gasteiger partial charge in [0.05, 0.1) is 17.9 Å². The molecule has 1 N–H and O–H groups in total. The average Bonchev–Trinajstić information content (AvgIpc) is 2.99. The van der Waals surface area contributed by atoms with Gasteiger partial charge in [0.15, 0.2) is 0 Å². The standard InChI is InChI=1S/C21H21ClN4O2/c1-14-11-15(2)26(24-14)19-9-7-16(8-10-19)21(28)25(3)13-20(27)23-18-6-4-5-17(22)12-18/h4-12H,13H2,1-3H3,(H,23,27). The molecule has 7 heteroatoms. The van der Waals surface area contributed by atoms with Gasteiger partial charge in [-0.1, -0.05) is 17.7 Å². The molecule has 6 nitrogen and oxygen atoms in total. The minimum Gasteiger partial charge on any atom is -0.332 e. The van der Waals surface area contributed by atoms with Gasteiger partial charge in [-0.25, -0.2) is 4.68 Å². The van der Waals surface area contributed by atoms with E-state index in [4.69, 9.17) is 11.6 Å². The molecule has 0 aliphatic rings. The fourth-order valence-electron chi connectivity index (χ4n) is 2.91. The first-order valence-electron chi connectivity index (χ1n) is 8.78. The maximum absolute atomic E-state index is 12.6. The highest BCUT2D eigenvalue weighted by Crippen LogP contribution is 2.16. The van der Waals surface area contributed by atoms with Gasteiger partial charge in [-0.05, 0) is 62.4 Å². The van der Waals surface area contributed by atoms with Crippen molar-refractivity contribution in [3.63, 3.8) is 0 Å². The minimum atomic E-state index is -0.294. The summed E-state index contributed by atoms with van der Waals surface area (Å²) in [4.78, 5) is 26.2. The first kappa shape index (κ1) is 19.6. The zero-order valence-corrected chi connectivity index (χ0v) is 16.7. The topological polar surface area (TPSA) is 67.2 Å². The number of amides is 2. The van der Waals surface area contributed by atoms with E-state index < -0.39 is 0 Å². The van der Waals surface area contributed by atoms with E-state index in [1.165, 1.54) is 4.90 Å². The van der Waals surface area contributed by atoms with Crippen molar-refractivity contribution in [1.82, 2.24) is 14.7 Å². The maximum atomic E-state index is 12.6. The SMILES string of the molecule is Cc1cc(C)n(-c2ccc(C(=O)N(C)CC(=O)Nc3cccc(Cl)c3)cc2)n1. The number of benzene rings is 2. The third-order valence-electron chi connectivity index (χ3n) is 4.20. The fourth-order valence-corrected chi connectivity index (χ4v) is 3.10. The van der Waals surface area contributed by atoms with E-state index in [0.717, 1.165) is 17.1 Å². The third kappa shape index (κ3) is 4.58. The summed E-state index contributed by atoms with van der Waals surface area (Å²) >= 11 is 5.91. The van der Waals surface area contributed by atoms with Crippen molar-refractivity contribution in [3.05, 3.63) is 76.6 Å². The third-order valence-corrected chi connectivity index (χ3v) is 4.44. The second-order valence-corrected chi connectivity index (χ2v) is 7.04. The summed E-state index contributed by atoms with van der Waals surface area (Å²) in [6.45, 7) is 3.85. The molecule has 0 spiro atoms. The molecule has 2 amide bonds. The summed E-state index contributed by atoms with van der Waals surface area (Å²) in [6.07, 6.45) is 0. The number of halogens is 1. The van der Waals surface area contributed by atoms with Crippen LogP contribution in [0.15, 0.2) is 54.6 Å². The summed E-state index contributed by atoms with van der Waals surface area (Å²) in [5, 5.41) is 7.70. The van der Waals surface area contributed by atoms with Crippen LogP contribution in [0.25, 0.3) is 5.69 Å². The second kappa shape index (κ2) is 8.27. The summed E-state index contributed by atoms with van der Waals surface area (Å²) in [5.41, 5.74) is 3.92. The Hall–Kier alpha value is -3.12. The quantitative estimate of drug-likeness (QED) is 0.712. The van der Waals surface area contributed by atoms with Gasteiger partial charge in [-0.2, -0.15) is 5.10 Å². The van der Waals surface area contributed by atoms with Crippen LogP contribution in [0, 0.1) is 13.8 Å². The number of hydrogen-bond acceptors (Lipinski definition) is 3. The smallest absolute Gasteiger partial charge is 0.254 e. The lowest BCUT2D eigenvalue weighted by molar-refractivity contribution is -0.116. The molecule has 2 aromatic carbocycles. The molecule has 0 bridgehead atoms.